The van der Waals surface area contributed by atoms with Crippen LogP contribution in [0, 0.1) is 0 Å². The van der Waals surface area contributed by atoms with Gasteiger partial charge in [-0.2, -0.15) is 0 Å². The van der Waals surface area contributed by atoms with Gasteiger partial charge in [0, 0.05) is 6.42 Å². The van der Waals surface area contributed by atoms with E-state index in [4.69, 9.17) is 14.2 Å². The number of alkyl carbamates (subject to hydrolysis) is 1. The number of hydrogen-bond donors (Lipinski definition) is 3. The van der Waals surface area contributed by atoms with Gasteiger partial charge in [-0.3, -0.25) is 4.79 Å². The van der Waals surface area contributed by atoms with E-state index >= 15 is 0 Å². The van der Waals surface area contributed by atoms with Crippen molar-refractivity contribution in [3.8, 4) is 5.75 Å². The Morgan fingerprint density at radius 1 is 0.816 bits per heavy atom. The monoisotopic (exact) mass is 520 g/mol. The highest BCUT2D eigenvalue weighted by Gasteiger charge is 2.31. The van der Waals surface area contributed by atoms with E-state index in [2.05, 4.69) is 10.6 Å². The molecule has 0 heterocycles. The number of rotatable bonds is 12. The average molecular weight is 521 g/mol. The molecule has 0 aliphatic rings. The molecule has 2 amide bonds. The molecule has 38 heavy (non-hydrogen) atoms. The van der Waals surface area contributed by atoms with Gasteiger partial charge in [0.2, 0.25) is 5.91 Å². The lowest BCUT2D eigenvalue weighted by Crippen LogP contribution is -2.56. The number of carbonyl (C=O) groups is 3. The number of hydrogen-bond acceptors (Lipinski definition) is 7. The highest BCUT2D eigenvalue weighted by molar-refractivity contribution is 5.90. The maximum absolute atomic E-state index is 13.0. The number of nitrogens with one attached hydrogen (secondary N) is 2. The van der Waals surface area contributed by atoms with Crippen molar-refractivity contribution >= 4 is 18.0 Å². The van der Waals surface area contributed by atoms with E-state index in [9.17, 15) is 19.5 Å². The van der Waals surface area contributed by atoms with Crippen LogP contribution in [0.15, 0.2) is 84.9 Å². The molecule has 0 bridgehead atoms. The number of amides is 2. The number of benzene rings is 3. The molecule has 9 nitrogen and oxygen atoms in total. The molecule has 0 fully saturated rings. The maximum atomic E-state index is 13.0. The van der Waals surface area contributed by atoms with Gasteiger partial charge < -0.3 is 30.0 Å². The van der Waals surface area contributed by atoms with Gasteiger partial charge in [-0.25, -0.2) is 9.59 Å². The minimum absolute atomic E-state index is 0.00566. The lowest BCUT2D eigenvalue weighted by atomic mass is 10.0. The van der Waals surface area contributed by atoms with Crippen molar-refractivity contribution in [3.63, 3.8) is 0 Å². The van der Waals surface area contributed by atoms with E-state index in [-0.39, 0.29) is 13.0 Å². The van der Waals surface area contributed by atoms with Gasteiger partial charge in [-0.1, -0.05) is 72.8 Å². The fourth-order valence-corrected chi connectivity index (χ4v) is 3.63. The van der Waals surface area contributed by atoms with Crippen LogP contribution in [0.1, 0.15) is 23.6 Å². The summed E-state index contributed by atoms with van der Waals surface area (Å²) in [6, 6.07) is 23.4. The third-order valence-corrected chi connectivity index (χ3v) is 5.64. The van der Waals surface area contributed by atoms with Gasteiger partial charge in [-0.05, 0) is 35.7 Å². The van der Waals surface area contributed by atoms with Crippen LogP contribution < -0.4 is 15.4 Å². The maximum Gasteiger partial charge on any atom is 0.408 e. The van der Waals surface area contributed by atoms with Crippen molar-refractivity contribution in [3.05, 3.63) is 102 Å². The quantitative estimate of drug-likeness (QED) is 0.314. The lowest BCUT2D eigenvalue weighted by Gasteiger charge is -2.24. The van der Waals surface area contributed by atoms with E-state index in [1.807, 2.05) is 36.4 Å². The summed E-state index contributed by atoms with van der Waals surface area (Å²) in [4.78, 5) is 37.7. The van der Waals surface area contributed by atoms with Crippen LogP contribution >= 0.6 is 0 Å². The summed E-state index contributed by atoms with van der Waals surface area (Å²) in [5.41, 5.74) is 2.49. The Labute approximate surface area is 221 Å². The summed E-state index contributed by atoms with van der Waals surface area (Å²) >= 11 is 0. The molecule has 0 radical (unpaired) electrons. The first-order valence-electron chi connectivity index (χ1n) is 12.1. The molecule has 0 aliphatic carbocycles. The SMILES string of the molecule is COC(=O)[C@@H](Cc1cccc(OCc2ccccc2)c1)NC(=O)[C@@H](NC(=O)OCc1ccccc1)[C@@H](C)O. The molecule has 200 valence electrons. The summed E-state index contributed by atoms with van der Waals surface area (Å²) in [6.07, 6.45) is -2.04. The standard InChI is InChI=1S/C29H32N2O7/c1-20(32)26(31-29(35)38-19-22-12-7-4-8-13-22)27(33)30-25(28(34)36-2)17-23-14-9-15-24(16-23)37-18-21-10-5-3-6-11-21/h3-16,20,25-26,32H,17-19H2,1-2H3,(H,30,33)(H,31,35)/t20-,25-,26+/m1/s1. The molecule has 0 aromatic heterocycles. The topological polar surface area (TPSA) is 123 Å². The van der Waals surface area contributed by atoms with Crippen molar-refractivity contribution < 1.29 is 33.7 Å². The molecule has 0 aliphatic heterocycles. The van der Waals surface area contributed by atoms with Crippen LogP contribution in [-0.2, 0) is 38.7 Å². The molecule has 3 atom stereocenters. The van der Waals surface area contributed by atoms with Gasteiger partial charge in [0.15, 0.2) is 0 Å². The van der Waals surface area contributed by atoms with Crippen LogP contribution in [-0.4, -0.2) is 48.4 Å². The first-order chi connectivity index (χ1) is 18.4. The highest BCUT2D eigenvalue weighted by atomic mass is 16.5. The predicted octanol–water partition coefficient (Wildman–Crippen LogP) is 3.14. The van der Waals surface area contributed by atoms with Crippen LogP contribution in [0.2, 0.25) is 0 Å². The Morgan fingerprint density at radius 3 is 2.03 bits per heavy atom. The highest BCUT2D eigenvalue weighted by Crippen LogP contribution is 2.17. The number of methoxy groups -OCH3 is 1. The van der Waals surface area contributed by atoms with Gasteiger partial charge in [0.05, 0.1) is 13.2 Å². The molecule has 3 rings (SSSR count). The van der Waals surface area contributed by atoms with Crippen LogP contribution in [0.25, 0.3) is 0 Å². The number of aliphatic hydroxyl groups excluding tert-OH is 1. The van der Waals surface area contributed by atoms with Crippen molar-refractivity contribution in [1.82, 2.24) is 10.6 Å². The lowest BCUT2D eigenvalue weighted by molar-refractivity contribution is -0.145. The van der Waals surface area contributed by atoms with Crippen LogP contribution in [0.3, 0.4) is 0 Å². The van der Waals surface area contributed by atoms with E-state index < -0.39 is 36.2 Å². The van der Waals surface area contributed by atoms with Crippen molar-refractivity contribution in [2.45, 2.75) is 44.7 Å². The Bertz CT molecular complexity index is 1190. The Morgan fingerprint density at radius 2 is 1.42 bits per heavy atom. The van der Waals surface area contributed by atoms with Gasteiger partial charge in [0.1, 0.15) is 31.0 Å². The molecule has 3 aromatic rings. The molecular weight excluding hydrogens is 488 g/mol. The Kier molecular flexibility index (Phi) is 10.7. The zero-order valence-electron chi connectivity index (χ0n) is 21.3. The minimum Gasteiger partial charge on any atom is -0.489 e. The first kappa shape index (κ1) is 28.2. The van der Waals surface area contributed by atoms with Gasteiger partial charge >= 0.3 is 12.1 Å². The second-order valence-electron chi connectivity index (χ2n) is 8.63. The Hall–Kier alpha value is -4.37. The summed E-state index contributed by atoms with van der Waals surface area (Å²) in [6.45, 7) is 1.72. The largest absolute Gasteiger partial charge is 0.489 e. The Balaban J connectivity index is 1.61. The fraction of sp³-hybridized carbons (Fsp3) is 0.276. The predicted molar refractivity (Wildman–Crippen MR) is 140 cm³/mol. The van der Waals surface area contributed by atoms with Crippen LogP contribution in [0.5, 0.6) is 5.75 Å². The third-order valence-electron chi connectivity index (χ3n) is 5.64. The molecular formula is C29H32N2O7. The number of aliphatic hydroxyl groups is 1. The summed E-state index contributed by atoms with van der Waals surface area (Å²) in [7, 11) is 1.21. The van der Waals surface area contributed by atoms with E-state index in [1.54, 1.807) is 48.5 Å². The molecule has 0 unspecified atom stereocenters. The average Bonchev–Trinajstić information content (AvgIpc) is 2.94. The normalized spacial score (nSPS) is 12.9. The fourth-order valence-electron chi connectivity index (χ4n) is 3.63. The molecule has 9 heteroatoms. The smallest absolute Gasteiger partial charge is 0.408 e. The summed E-state index contributed by atoms with van der Waals surface area (Å²) in [5, 5.41) is 15.1. The number of ether oxygens (including phenoxy) is 3. The van der Waals surface area contributed by atoms with Gasteiger partial charge in [-0.15, -0.1) is 0 Å². The van der Waals surface area contributed by atoms with E-state index in [1.165, 1.54) is 14.0 Å². The number of esters is 1. The van der Waals surface area contributed by atoms with E-state index in [0.29, 0.717) is 12.4 Å². The first-order valence-corrected chi connectivity index (χ1v) is 12.1. The third kappa shape index (κ3) is 8.94. The van der Waals surface area contributed by atoms with Crippen molar-refractivity contribution in [2.24, 2.45) is 0 Å². The minimum atomic E-state index is -1.36. The molecule has 3 N–H and O–H groups in total. The molecule has 0 saturated heterocycles. The number of carbonyl (C=O) groups excluding carboxylic acids is 3. The summed E-state index contributed by atoms with van der Waals surface area (Å²) < 4.78 is 15.9. The van der Waals surface area contributed by atoms with E-state index in [0.717, 1.165) is 16.7 Å². The second kappa shape index (κ2) is 14.4. The molecule has 0 saturated carbocycles. The second-order valence-corrected chi connectivity index (χ2v) is 8.63. The van der Waals surface area contributed by atoms with Crippen LogP contribution in [0.4, 0.5) is 4.79 Å². The molecule has 3 aromatic carbocycles. The zero-order valence-corrected chi connectivity index (χ0v) is 21.3. The van der Waals surface area contributed by atoms with Gasteiger partial charge in [0.25, 0.3) is 0 Å². The zero-order chi connectivity index (χ0) is 27.3. The molecule has 0 spiro atoms. The van der Waals surface area contributed by atoms with Crippen molar-refractivity contribution in [1.29, 1.82) is 0 Å². The summed E-state index contributed by atoms with van der Waals surface area (Å²) in [5.74, 6) is -0.834. The van der Waals surface area contributed by atoms with Crippen molar-refractivity contribution in [2.75, 3.05) is 7.11 Å².